The van der Waals surface area contributed by atoms with Crippen LogP contribution in [0.2, 0.25) is 0 Å². The molecule has 0 saturated heterocycles. The van der Waals surface area contributed by atoms with Crippen LogP contribution in [0.4, 0.5) is 0 Å². The van der Waals surface area contributed by atoms with E-state index in [1.165, 1.54) is 0 Å². The van der Waals surface area contributed by atoms with Crippen molar-refractivity contribution in [3.05, 3.63) is 36.2 Å². The number of carbonyl (C=O) groups is 1. The van der Waals surface area contributed by atoms with Crippen molar-refractivity contribution in [1.29, 1.82) is 0 Å². The number of aliphatic hydroxyl groups excluding tert-OH is 1. The SMILES string of the molecule is O=C(c1cccc2nccnc12)N(CCO)C1CCCC1. The first kappa shape index (κ1) is 13.9. The Morgan fingerprint density at radius 2 is 2.00 bits per heavy atom. The van der Waals surface area contributed by atoms with Gasteiger partial charge in [-0.3, -0.25) is 14.8 Å². The molecule has 1 heterocycles. The normalized spacial score (nSPS) is 15.5. The van der Waals surface area contributed by atoms with Gasteiger partial charge in [-0.25, -0.2) is 0 Å². The Morgan fingerprint density at radius 3 is 2.76 bits per heavy atom. The maximum absolute atomic E-state index is 12.9. The smallest absolute Gasteiger partial charge is 0.256 e. The number of aliphatic hydroxyl groups is 1. The van der Waals surface area contributed by atoms with Gasteiger partial charge in [-0.15, -0.1) is 0 Å². The minimum atomic E-state index is -0.0537. The minimum Gasteiger partial charge on any atom is -0.395 e. The minimum absolute atomic E-state index is 0.0152. The molecular formula is C16H19N3O2. The van der Waals surface area contributed by atoms with E-state index in [0.29, 0.717) is 17.6 Å². The molecule has 0 atom stereocenters. The van der Waals surface area contributed by atoms with E-state index in [2.05, 4.69) is 9.97 Å². The molecule has 1 fully saturated rings. The first-order valence-corrected chi connectivity index (χ1v) is 7.43. The van der Waals surface area contributed by atoms with Crippen molar-refractivity contribution in [3.8, 4) is 0 Å². The van der Waals surface area contributed by atoms with Crippen LogP contribution in [0.3, 0.4) is 0 Å². The summed E-state index contributed by atoms with van der Waals surface area (Å²) in [7, 11) is 0. The third kappa shape index (κ3) is 2.74. The predicted octanol–water partition coefficient (Wildman–Crippen LogP) is 2.01. The van der Waals surface area contributed by atoms with Gasteiger partial charge in [0.2, 0.25) is 0 Å². The number of fused-ring (bicyclic) bond motifs is 1. The second-order valence-corrected chi connectivity index (χ2v) is 5.39. The molecule has 0 bridgehead atoms. The maximum Gasteiger partial charge on any atom is 0.256 e. The Hall–Kier alpha value is -2.01. The Bertz CT molecular complexity index is 633. The van der Waals surface area contributed by atoms with E-state index in [4.69, 9.17) is 0 Å². The molecule has 1 aromatic carbocycles. The summed E-state index contributed by atoms with van der Waals surface area (Å²) in [5.41, 5.74) is 1.92. The number of hydrogen-bond acceptors (Lipinski definition) is 4. The van der Waals surface area contributed by atoms with Crippen molar-refractivity contribution < 1.29 is 9.90 Å². The molecule has 1 amide bonds. The van der Waals surface area contributed by atoms with Gasteiger partial charge in [0.15, 0.2) is 0 Å². The van der Waals surface area contributed by atoms with Crippen LogP contribution in [0.1, 0.15) is 36.0 Å². The van der Waals surface area contributed by atoms with Gasteiger partial charge < -0.3 is 10.0 Å². The summed E-state index contributed by atoms with van der Waals surface area (Å²) < 4.78 is 0. The average Bonchev–Trinajstić information content (AvgIpc) is 3.05. The summed E-state index contributed by atoms with van der Waals surface area (Å²) >= 11 is 0. The highest BCUT2D eigenvalue weighted by Crippen LogP contribution is 2.26. The van der Waals surface area contributed by atoms with Gasteiger partial charge in [-0.1, -0.05) is 18.9 Å². The molecule has 0 radical (unpaired) electrons. The lowest BCUT2D eigenvalue weighted by molar-refractivity contribution is 0.0640. The van der Waals surface area contributed by atoms with E-state index in [-0.39, 0.29) is 18.6 Å². The van der Waals surface area contributed by atoms with Crippen LogP contribution in [0, 0.1) is 0 Å². The molecule has 1 aromatic heterocycles. The highest BCUT2D eigenvalue weighted by atomic mass is 16.3. The van der Waals surface area contributed by atoms with Gasteiger partial charge in [0.1, 0.15) is 5.52 Å². The van der Waals surface area contributed by atoms with Gasteiger partial charge in [0, 0.05) is 25.0 Å². The molecule has 3 rings (SSSR count). The lowest BCUT2D eigenvalue weighted by Crippen LogP contribution is -2.40. The van der Waals surface area contributed by atoms with Crippen LogP contribution in [0.25, 0.3) is 11.0 Å². The molecule has 0 spiro atoms. The Morgan fingerprint density at radius 1 is 1.24 bits per heavy atom. The van der Waals surface area contributed by atoms with Crippen LogP contribution < -0.4 is 0 Å². The molecule has 1 saturated carbocycles. The predicted molar refractivity (Wildman–Crippen MR) is 79.9 cm³/mol. The molecule has 1 N–H and O–H groups in total. The second kappa shape index (κ2) is 6.18. The summed E-state index contributed by atoms with van der Waals surface area (Å²) in [4.78, 5) is 23.2. The van der Waals surface area contributed by atoms with Crippen LogP contribution >= 0.6 is 0 Å². The van der Waals surface area contributed by atoms with Crippen LogP contribution in [-0.4, -0.2) is 45.1 Å². The zero-order valence-electron chi connectivity index (χ0n) is 11.9. The molecule has 1 aliphatic rings. The van der Waals surface area contributed by atoms with Crippen LogP contribution in [-0.2, 0) is 0 Å². The molecule has 2 aromatic rings. The molecule has 5 nitrogen and oxygen atoms in total. The van der Waals surface area contributed by atoms with E-state index in [0.717, 1.165) is 31.2 Å². The second-order valence-electron chi connectivity index (χ2n) is 5.39. The van der Waals surface area contributed by atoms with Crippen LogP contribution in [0.5, 0.6) is 0 Å². The molecular weight excluding hydrogens is 266 g/mol. The first-order valence-electron chi connectivity index (χ1n) is 7.43. The number of carbonyl (C=O) groups excluding carboxylic acids is 1. The topological polar surface area (TPSA) is 66.3 Å². The Balaban J connectivity index is 1.97. The molecule has 0 aliphatic heterocycles. The van der Waals surface area contributed by atoms with Crippen molar-refractivity contribution >= 4 is 16.9 Å². The summed E-state index contributed by atoms with van der Waals surface area (Å²) in [6.45, 7) is 0.360. The highest BCUT2D eigenvalue weighted by Gasteiger charge is 2.28. The number of benzene rings is 1. The highest BCUT2D eigenvalue weighted by molar-refractivity contribution is 6.04. The summed E-state index contributed by atoms with van der Waals surface area (Å²) in [5, 5.41) is 9.28. The van der Waals surface area contributed by atoms with Gasteiger partial charge in [0.05, 0.1) is 17.7 Å². The van der Waals surface area contributed by atoms with Crippen molar-refractivity contribution in [3.63, 3.8) is 0 Å². The Kier molecular flexibility index (Phi) is 4.10. The standard InChI is InChI=1S/C16H19N3O2/c20-11-10-19(12-4-1-2-5-12)16(21)13-6-3-7-14-15(13)18-9-8-17-14/h3,6-9,12,20H,1-2,4-5,10-11H2. The summed E-state index contributed by atoms with van der Waals surface area (Å²) in [6, 6.07) is 5.70. The first-order chi connectivity index (χ1) is 10.3. The fraction of sp³-hybridized carbons (Fsp3) is 0.438. The van der Waals surface area contributed by atoms with E-state index in [1.54, 1.807) is 23.4 Å². The molecule has 1 aliphatic carbocycles. The number of nitrogens with zero attached hydrogens (tertiary/aromatic N) is 3. The zero-order valence-corrected chi connectivity index (χ0v) is 11.9. The van der Waals surface area contributed by atoms with Gasteiger partial charge in [-0.2, -0.15) is 0 Å². The fourth-order valence-corrected chi connectivity index (χ4v) is 3.09. The number of hydrogen-bond donors (Lipinski definition) is 1. The molecule has 0 unspecified atom stereocenters. The number of aromatic nitrogens is 2. The summed E-state index contributed by atoms with van der Waals surface area (Å²) in [5.74, 6) is -0.0537. The summed E-state index contributed by atoms with van der Waals surface area (Å²) in [6.07, 6.45) is 7.55. The fourth-order valence-electron chi connectivity index (χ4n) is 3.09. The number of para-hydroxylation sites is 1. The van der Waals surface area contributed by atoms with Crippen molar-refractivity contribution in [2.75, 3.05) is 13.2 Å². The van der Waals surface area contributed by atoms with Gasteiger partial charge >= 0.3 is 0 Å². The van der Waals surface area contributed by atoms with Gasteiger partial charge in [-0.05, 0) is 25.0 Å². The third-order valence-electron chi connectivity index (χ3n) is 4.10. The van der Waals surface area contributed by atoms with E-state index < -0.39 is 0 Å². The van der Waals surface area contributed by atoms with E-state index >= 15 is 0 Å². The van der Waals surface area contributed by atoms with Crippen LogP contribution in [0.15, 0.2) is 30.6 Å². The molecule has 21 heavy (non-hydrogen) atoms. The largest absolute Gasteiger partial charge is 0.395 e. The quantitative estimate of drug-likeness (QED) is 0.933. The lowest BCUT2D eigenvalue weighted by Gasteiger charge is -2.28. The Labute approximate surface area is 123 Å². The maximum atomic E-state index is 12.9. The lowest BCUT2D eigenvalue weighted by atomic mass is 10.1. The van der Waals surface area contributed by atoms with Crippen molar-refractivity contribution in [2.24, 2.45) is 0 Å². The molecule has 5 heteroatoms. The average molecular weight is 285 g/mol. The zero-order chi connectivity index (χ0) is 14.7. The third-order valence-corrected chi connectivity index (χ3v) is 4.10. The van der Waals surface area contributed by atoms with E-state index in [9.17, 15) is 9.90 Å². The number of rotatable bonds is 4. The number of amides is 1. The van der Waals surface area contributed by atoms with E-state index in [1.807, 2.05) is 12.1 Å². The molecule has 110 valence electrons. The van der Waals surface area contributed by atoms with Gasteiger partial charge in [0.25, 0.3) is 5.91 Å². The van der Waals surface area contributed by atoms with Crippen molar-refractivity contribution in [1.82, 2.24) is 14.9 Å². The van der Waals surface area contributed by atoms with Crippen molar-refractivity contribution in [2.45, 2.75) is 31.7 Å². The monoisotopic (exact) mass is 285 g/mol.